The van der Waals surface area contributed by atoms with E-state index >= 15 is 0 Å². The summed E-state index contributed by atoms with van der Waals surface area (Å²) < 4.78 is 12.9. The van der Waals surface area contributed by atoms with Crippen molar-refractivity contribution in [3.05, 3.63) is 48.2 Å². The van der Waals surface area contributed by atoms with E-state index in [0.717, 1.165) is 18.4 Å². The Morgan fingerprint density at radius 1 is 1.11 bits per heavy atom. The van der Waals surface area contributed by atoms with Gasteiger partial charge in [-0.1, -0.05) is 68.8 Å². The third-order valence-electron chi connectivity index (χ3n) is 7.12. The Balaban J connectivity index is 1.88. The van der Waals surface area contributed by atoms with Gasteiger partial charge in [0.05, 0.1) is 31.0 Å². The maximum atomic E-state index is 12.9. The summed E-state index contributed by atoms with van der Waals surface area (Å²) in [6.45, 7) is 7.32. The molecule has 1 aromatic rings. The van der Waals surface area contributed by atoms with Crippen LogP contribution in [0.15, 0.2) is 47.8 Å². The molecule has 0 radical (unpaired) electrons. The van der Waals surface area contributed by atoms with Crippen LogP contribution >= 0.6 is 0 Å². The molecule has 1 fully saturated rings. The molecule has 4 atom stereocenters. The van der Waals surface area contributed by atoms with Gasteiger partial charge in [-0.3, -0.25) is 19.2 Å². The van der Waals surface area contributed by atoms with Gasteiger partial charge in [0.2, 0.25) is 17.7 Å². The molecule has 0 aromatic heterocycles. The van der Waals surface area contributed by atoms with Crippen LogP contribution in [0.3, 0.4) is 0 Å². The number of alkyl halides is 1. The van der Waals surface area contributed by atoms with Crippen LogP contribution in [-0.2, 0) is 35.2 Å². The first-order valence-corrected chi connectivity index (χ1v) is 14.9. The average Bonchev–Trinajstić information content (AvgIpc) is 2.98. The van der Waals surface area contributed by atoms with Gasteiger partial charge in [-0.25, -0.2) is 4.39 Å². The number of nitrogens with one attached hydrogen (secondary N) is 4. The second kappa shape index (κ2) is 19.1. The lowest BCUT2D eigenvalue weighted by Crippen LogP contribution is -2.53. The minimum atomic E-state index is -1.42. The van der Waals surface area contributed by atoms with Crippen molar-refractivity contribution < 1.29 is 38.3 Å². The Bertz CT molecular complexity index is 1140. The quantitative estimate of drug-likeness (QED) is 0.0791. The van der Waals surface area contributed by atoms with Crippen LogP contribution in [0, 0.1) is 11.8 Å². The number of oxime groups is 1. The van der Waals surface area contributed by atoms with Crippen LogP contribution < -0.4 is 21.3 Å². The van der Waals surface area contributed by atoms with E-state index in [1.807, 2.05) is 13.0 Å². The van der Waals surface area contributed by atoms with Crippen LogP contribution in [0.4, 0.5) is 4.39 Å². The molecule has 0 bridgehead atoms. The fourth-order valence-electron chi connectivity index (χ4n) is 4.36. The van der Waals surface area contributed by atoms with Gasteiger partial charge >= 0.3 is 5.97 Å². The predicted molar refractivity (Wildman–Crippen MR) is 162 cm³/mol. The van der Waals surface area contributed by atoms with Crippen molar-refractivity contribution in [1.82, 2.24) is 21.3 Å². The normalized spacial score (nSPS) is 18.5. The number of unbranched alkanes of at least 4 members (excludes halogenated alkanes) is 1. The lowest BCUT2D eigenvalue weighted by Gasteiger charge is -2.25. The zero-order valence-electron chi connectivity index (χ0n) is 25.3. The molecule has 44 heavy (non-hydrogen) atoms. The summed E-state index contributed by atoms with van der Waals surface area (Å²) in [7, 11) is 0. The number of carboxylic acids is 1. The maximum Gasteiger partial charge on any atom is 0.305 e. The van der Waals surface area contributed by atoms with Crippen molar-refractivity contribution >= 4 is 36.2 Å². The highest BCUT2D eigenvalue weighted by Gasteiger charge is 2.28. The van der Waals surface area contributed by atoms with Gasteiger partial charge in [0.15, 0.2) is 0 Å². The average molecular weight is 618 g/mol. The van der Waals surface area contributed by atoms with E-state index in [1.54, 1.807) is 37.4 Å². The molecule has 1 saturated carbocycles. The smallest absolute Gasteiger partial charge is 0.305 e. The second-order valence-electron chi connectivity index (χ2n) is 11.0. The number of nitrogens with zero attached hydrogens (tertiary/aromatic N) is 1. The standard InChI is InChI=1S/C31H44FN5O7/c1-4-5-11-26(37-30(42)20(2)19-44-34-16-23-12-24(32)13-23)21(3)33-17-28(39)36-27(15-29(40)41)31(43)35-25(18-38)14-22-9-7-6-8-10-22/h6-10,16,18,20,23-27,33H,3-5,11-15,17,19H2,1-2H3,(H,35,43)(H,36,39)(H,37,42)(H,40,41)/b34-16+. The molecule has 1 aliphatic carbocycles. The Kier molecular flexibility index (Phi) is 15.6. The van der Waals surface area contributed by atoms with Crippen molar-refractivity contribution in [2.24, 2.45) is 17.0 Å². The molecule has 0 spiro atoms. The van der Waals surface area contributed by atoms with Gasteiger partial charge < -0.3 is 36.0 Å². The lowest BCUT2D eigenvalue weighted by atomic mass is 9.85. The summed E-state index contributed by atoms with van der Waals surface area (Å²) in [5.74, 6) is -3.59. The third-order valence-corrected chi connectivity index (χ3v) is 7.12. The van der Waals surface area contributed by atoms with Gasteiger partial charge in [-0.15, -0.1) is 0 Å². The number of benzene rings is 1. The summed E-state index contributed by atoms with van der Waals surface area (Å²) in [5, 5.41) is 23.8. The summed E-state index contributed by atoms with van der Waals surface area (Å²) in [6.07, 6.45) is 3.86. The first-order chi connectivity index (χ1) is 21.0. The molecule has 0 heterocycles. The Hall–Kier alpha value is -4.29. The lowest BCUT2D eigenvalue weighted by molar-refractivity contribution is -0.140. The Labute approximate surface area is 257 Å². The minimum Gasteiger partial charge on any atom is -0.481 e. The fraction of sp³-hybridized carbons (Fsp3) is 0.548. The van der Waals surface area contributed by atoms with E-state index in [2.05, 4.69) is 33.0 Å². The molecule has 12 nitrogen and oxygen atoms in total. The molecule has 4 unspecified atom stereocenters. The molecule has 0 aliphatic heterocycles. The van der Waals surface area contributed by atoms with E-state index in [0.29, 0.717) is 31.2 Å². The molecule has 5 N–H and O–H groups in total. The van der Waals surface area contributed by atoms with E-state index < -0.39 is 54.4 Å². The topological polar surface area (TPSA) is 175 Å². The van der Waals surface area contributed by atoms with Crippen LogP contribution in [0.25, 0.3) is 0 Å². The molecule has 1 aliphatic rings. The number of aliphatic carboxylic acids is 1. The molecule has 242 valence electrons. The molecule has 1 aromatic carbocycles. The monoisotopic (exact) mass is 617 g/mol. The summed E-state index contributed by atoms with van der Waals surface area (Å²) in [4.78, 5) is 66.5. The van der Waals surface area contributed by atoms with Crippen molar-refractivity contribution in [3.63, 3.8) is 0 Å². The molecule has 0 saturated heterocycles. The number of carboxylic acid groups (broad SMARTS) is 1. The van der Waals surface area contributed by atoms with Gasteiger partial charge in [0.1, 0.15) is 25.1 Å². The largest absolute Gasteiger partial charge is 0.481 e. The highest BCUT2D eigenvalue weighted by atomic mass is 19.1. The van der Waals surface area contributed by atoms with Crippen molar-refractivity contribution in [1.29, 1.82) is 0 Å². The fourth-order valence-corrected chi connectivity index (χ4v) is 4.36. The summed E-state index contributed by atoms with van der Waals surface area (Å²) >= 11 is 0. The SMILES string of the molecule is C=C(NCC(=O)NC(CC(=O)O)C(=O)NC(C=O)Cc1ccccc1)C(CCCC)NC(=O)C(C)CO/N=C/C1CC(F)C1. The first kappa shape index (κ1) is 35.9. The van der Waals surface area contributed by atoms with Crippen LogP contribution in [0.2, 0.25) is 0 Å². The van der Waals surface area contributed by atoms with E-state index in [1.165, 1.54) is 0 Å². The number of hydrogen-bond acceptors (Lipinski definition) is 8. The zero-order chi connectivity index (χ0) is 32.5. The molecule has 2 rings (SSSR count). The number of halogens is 1. The Morgan fingerprint density at radius 2 is 1.82 bits per heavy atom. The predicted octanol–water partition coefficient (Wildman–Crippen LogP) is 2.04. The molecular weight excluding hydrogens is 573 g/mol. The number of hydrogen-bond donors (Lipinski definition) is 5. The minimum absolute atomic E-state index is 0.0280. The van der Waals surface area contributed by atoms with Crippen molar-refractivity contribution in [2.75, 3.05) is 13.2 Å². The maximum absolute atomic E-state index is 12.9. The summed E-state index contributed by atoms with van der Waals surface area (Å²) in [6, 6.07) is 6.13. The van der Waals surface area contributed by atoms with Gasteiger partial charge in [-0.05, 0) is 31.2 Å². The van der Waals surface area contributed by atoms with E-state index in [4.69, 9.17) is 4.84 Å². The van der Waals surface area contributed by atoms with Crippen LogP contribution in [0.1, 0.15) is 57.9 Å². The van der Waals surface area contributed by atoms with E-state index in [9.17, 15) is 33.5 Å². The number of carbonyl (C=O) groups is 5. The van der Waals surface area contributed by atoms with Gasteiger partial charge in [0.25, 0.3) is 0 Å². The first-order valence-electron chi connectivity index (χ1n) is 14.9. The third kappa shape index (κ3) is 13.3. The van der Waals surface area contributed by atoms with E-state index in [-0.39, 0.29) is 31.4 Å². The van der Waals surface area contributed by atoms with Crippen LogP contribution in [-0.4, -0.2) is 78.7 Å². The number of carbonyl (C=O) groups excluding carboxylic acids is 4. The highest BCUT2D eigenvalue weighted by molar-refractivity contribution is 5.92. The molecule has 13 heteroatoms. The second-order valence-corrected chi connectivity index (χ2v) is 11.0. The Morgan fingerprint density at radius 3 is 2.43 bits per heavy atom. The van der Waals surface area contributed by atoms with Crippen LogP contribution in [0.5, 0.6) is 0 Å². The highest BCUT2D eigenvalue weighted by Crippen LogP contribution is 2.28. The number of amides is 3. The number of aldehydes is 1. The molecular formula is C31H44FN5O7. The number of rotatable bonds is 21. The zero-order valence-corrected chi connectivity index (χ0v) is 25.3. The van der Waals surface area contributed by atoms with Crippen molar-refractivity contribution in [2.45, 2.75) is 83.1 Å². The van der Waals surface area contributed by atoms with Gasteiger partial charge in [0, 0.05) is 17.8 Å². The van der Waals surface area contributed by atoms with Gasteiger partial charge in [-0.2, -0.15) is 0 Å². The summed E-state index contributed by atoms with van der Waals surface area (Å²) in [5.41, 5.74) is 1.16. The molecule has 3 amide bonds. The van der Waals surface area contributed by atoms with Crippen molar-refractivity contribution in [3.8, 4) is 0 Å².